The molecule has 0 bridgehead atoms. The quantitative estimate of drug-likeness (QED) is 0.738. The van der Waals surface area contributed by atoms with E-state index < -0.39 is 5.91 Å². The van der Waals surface area contributed by atoms with Gasteiger partial charge in [0.1, 0.15) is 5.82 Å². The Labute approximate surface area is 140 Å². The molecule has 4 rings (SSSR count). The van der Waals surface area contributed by atoms with Crippen molar-refractivity contribution in [2.75, 3.05) is 0 Å². The second-order valence-electron chi connectivity index (χ2n) is 7.12. The van der Waals surface area contributed by atoms with Gasteiger partial charge >= 0.3 is 0 Å². The molecular weight excluding hydrogens is 301 g/mol. The summed E-state index contributed by atoms with van der Waals surface area (Å²) in [5, 5.41) is 2.27. The summed E-state index contributed by atoms with van der Waals surface area (Å²) < 4.78 is 13.8. The highest BCUT2D eigenvalue weighted by Gasteiger charge is 2.31. The van der Waals surface area contributed by atoms with Crippen molar-refractivity contribution < 1.29 is 9.18 Å². The van der Waals surface area contributed by atoms with E-state index >= 15 is 0 Å². The second kappa shape index (κ2) is 4.91. The van der Waals surface area contributed by atoms with Gasteiger partial charge in [-0.15, -0.1) is 0 Å². The monoisotopic (exact) mass is 319 g/mol. The Morgan fingerprint density at radius 2 is 1.88 bits per heavy atom. The number of benzene rings is 3. The molecule has 3 aromatic carbocycles. The highest BCUT2D eigenvalue weighted by Crippen LogP contribution is 2.45. The van der Waals surface area contributed by atoms with Crippen molar-refractivity contribution in [1.29, 1.82) is 0 Å². The van der Waals surface area contributed by atoms with E-state index in [1.165, 1.54) is 34.7 Å². The molecule has 2 N–H and O–H groups in total. The largest absolute Gasteiger partial charge is 0.366 e. The molecule has 0 radical (unpaired) electrons. The summed E-state index contributed by atoms with van der Waals surface area (Å²) in [6.07, 6.45) is 0.981. The SMILES string of the molecule is CC1(C)Cc2cccc3c(-c4cc(F)ccc4C(N)=O)ccc1c23. The predicted octanol–water partition coefficient (Wildman–Crippen LogP) is 4.58. The van der Waals surface area contributed by atoms with Crippen LogP contribution in [0.2, 0.25) is 0 Å². The minimum Gasteiger partial charge on any atom is -0.366 e. The molecule has 0 saturated carbocycles. The second-order valence-corrected chi connectivity index (χ2v) is 7.12. The first-order chi connectivity index (χ1) is 11.4. The number of primary amides is 1. The molecule has 0 heterocycles. The van der Waals surface area contributed by atoms with Crippen molar-refractivity contribution in [1.82, 2.24) is 0 Å². The fourth-order valence-electron chi connectivity index (χ4n) is 3.95. The molecular formula is C21H18FNO. The van der Waals surface area contributed by atoms with Gasteiger partial charge in [-0.1, -0.05) is 44.2 Å². The number of carbonyl (C=O) groups excluding carboxylic acids is 1. The van der Waals surface area contributed by atoms with E-state index in [2.05, 4.69) is 26.0 Å². The van der Waals surface area contributed by atoms with Crippen molar-refractivity contribution in [2.45, 2.75) is 25.7 Å². The van der Waals surface area contributed by atoms with Gasteiger partial charge in [0, 0.05) is 5.56 Å². The average Bonchev–Trinajstić information content (AvgIpc) is 2.79. The summed E-state index contributed by atoms with van der Waals surface area (Å²) >= 11 is 0. The van der Waals surface area contributed by atoms with E-state index in [-0.39, 0.29) is 11.2 Å². The Morgan fingerprint density at radius 1 is 1.08 bits per heavy atom. The van der Waals surface area contributed by atoms with Gasteiger partial charge in [-0.3, -0.25) is 4.79 Å². The summed E-state index contributed by atoms with van der Waals surface area (Å²) in [6, 6.07) is 14.4. The van der Waals surface area contributed by atoms with Crippen LogP contribution < -0.4 is 5.73 Å². The third kappa shape index (κ3) is 2.04. The van der Waals surface area contributed by atoms with E-state index in [0.29, 0.717) is 11.1 Å². The van der Waals surface area contributed by atoms with Gasteiger partial charge in [0.05, 0.1) is 0 Å². The third-order valence-corrected chi connectivity index (χ3v) is 5.03. The van der Waals surface area contributed by atoms with Crippen LogP contribution >= 0.6 is 0 Å². The topological polar surface area (TPSA) is 43.1 Å². The van der Waals surface area contributed by atoms with Crippen LogP contribution in [-0.4, -0.2) is 5.91 Å². The normalized spacial score (nSPS) is 15.0. The zero-order chi connectivity index (χ0) is 17.1. The maximum absolute atomic E-state index is 13.8. The van der Waals surface area contributed by atoms with Gasteiger partial charge in [-0.05, 0) is 63.1 Å². The molecule has 1 aliphatic rings. The molecule has 0 spiro atoms. The number of halogens is 1. The fourth-order valence-corrected chi connectivity index (χ4v) is 3.95. The van der Waals surface area contributed by atoms with Gasteiger partial charge in [-0.2, -0.15) is 0 Å². The Balaban J connectivity index is 2.09. The van der Waals surface area contributed by atoms with Crippen molar-refractivity contribution in [3.63, 3.8) is 0 Å². The molecule has 0 aliphatic heterocycles. The molecule has 0 saturated heterocycles. The smallest absolute Gasteiger partial charge is 0.249 e. The van der Waals surface area contributed by atoms with E-state index in [0.717, 1.165) is 17.4 Å². The van der Waals surface area contributed by atoms with Gasteiger partial charge in [-0.25, -0.2) is 4.39 Å². The average molecular weight is 319 g/mol. The first-order valence-electron chi connectivity index (χ1n) is 8.03. The summed E-state index contributed by atoms with van der Waals surface area (Å²) in [7, 11) is 0. The maximum Gasteiger partial charge on any atom is 0.249 e. The van der Waals surface area contributed by atoms with Crippen LogP contribution in [0.5, 0.6) is 0 Å². The molecule has 0 aromatic heterocycles. The lowest BCUT2D eigenvalue weighted by Crippen LogP contribution is -2.15. The van der Waals surface area contributed by atoms with Crippen LogP contribution in [0.1, 0.15) is 35.3 Å². The van der Waals surface area contributed by atoms with E-state index in [9.17, 15) is 9.18 Å². The summed E-state index contributed by atoms with van der Waals surface area (Å²) in [5.41, 5.74) is 9.92. The van der Waals surface area contributed by atoms with Crippen LogP contribution in [-0.2, 0) is 11.8 Å². The van der Waals surface area contributed by atoms with E-state index in [1.807, 2.05) is 18.2 Å². The van der Waals surface area contributed by atoms with Gasteiger partial charge in [0.25, 0.3) is 0 Å². The van der Waals surface area contributed by atoms with E-state index in [4.69, 9.17) is 5.73 Å². The molecule has 120 valence electrons. The maximum atomic E-state index is 13.8. The molecule has 3 heteroatoms. The molecule has 0 fully saturated rings. The van der Waals surface area contributed by atoms with Crippen LogP contribution in [0.25, 0.3) is 21.9 Å². The van der Waals surface area contributed by atoms with Crippen LogP contribution in [0, 0.1) is 5.82 Å². The fraction of sp³-hybridized carbons (Fsp3) is 0.190. The minimum absolute atomic E-state index is 0.0783. The zero-order valence-corrected chi connectivity index (χ0v) is 13.7. The molecule has 3 aromatic rings. The van der Waals surface area contributed by atoms with Gasteiger partial charge in [0.2, 0.25) is 5.91 Å². The number of nitrogens with two attached hydrogens (primary N) is 1. The number of hydrogen-bond acceptors (Lipinski definition) is 1. The zero-order valence-electron chi connectivity index (χ0n) is 13.7. The third-order valence-electron chi connectivity index (χ3n) is 5.03. The Morgan fingerprint density at radius 3 is 2.62 bits per heavy atom. The number of amides is 1. The lowest BCUT2D eigenvalue weighted by atomic mass is 9.84. The van der Waals surface area contributed by atoms with Crippen molar-refractivity contribution >= 4 is 16.7 Å². The molecule has 1 amide bonds. The Hall–Kier alpha value is -2.68. The number of rotatable bonds is 2. The van der Waals surface area contributed by atoms with Crippen molar-refractivity contribution in [3.8, 4) is 11.1 Å². The summed E-state index contributed by atoms with van der Waals surface area (Å²) in [4.78, 5) is 11.8. The molecule has 0 atom stereocenters. The first-order valence-corrected chi connectivity index (χ1v) is 8.03. The molecule has 2 nitrogen and oxygen atoms in total. The highest BCUT2D eigenvalue weighted by molar-refractivity contribution is 6.07. The Bertz CT molecular complexity index is 1000. The summed E-state index contributed by atoms with van der Waals surface area (Å²) in [6.45, 7) is 4.47. The van der Waals surface area contributed by atoms with Crippen molar-refractivity contribution in [3.05, 3.63) is 71.0 Å². The Kier molecular flexibility index (Phi) is 3.04. The van der Waals surface area contributed by atoms with Crippen LogP contribution in [0.4, 0.5) is 4.39 Å². The lowest BCUT2D eigenvalue weighted by Gasteiger charge is -2.19. The standard InChI is InChI=1S/C21H18FNO/c1-21(2)11-12-4-3-5-15-14(8-9-18(21)19(12)15)17-10-13(22)6-7-16(17)20(23)24/h3-10H,11H2,1-2H3,(H2,23,24). The number of carbonyl (C=O) groups is 1. The van der Waals surface area contributed by atoms with Crippen molar-refractivity contribution in [2.24, 2.45) is 5.73 Å². The lowest BCUT2D eigenvalue weighted by molar-refractivity contribution is 0.100. The number of hydrogen-bond donors (Lipinski definition) is 1. The first kappa shape index (κ1) is 14.9. The molecule has 1 aliphatic carbocycles. The molecule has 0 unspecified atom stereocenters. The molecule has 24 heavy (non-hydrogen) atoms. The predicted molar refractivity (Wildman–Crippen MR) is 94.6 cm³/mol. The van der Waals surface area contributed by atoms with E-state index in [1.54, 1.807) is 0 Å². The van der Waals surface area contributed by atoms with Crippen LogP contribution in [0.15, 0.2) is 48.5 Å². The van der Waals surface area contributed by atoms with Gasteiger partial charge < -0.3 is 5.73 Å². The van der Waals surface area contributed by atoms with Crippen LogP contribution in [0.3, 0.4) is 0 Å². The highest BCUT2D eigenvalue weighted by atomic mass is 19.1. The summed E-state index contributed by atoms with van der Waals surface area (Å²) in [5.74, 6) is -0.924. The minimum atomic E-state index is -0.548. The van der Waals surface area contributed by atoms with Gasteiger partial charge in [0.15, 0.2) is 0 Å².